The molecule has 172 valence electrons. The SMILES string of the molecule is CCCc1nc(CC)c2c(=O)[nH]c(-c3cc(SN4CCN(C)CC4)ccc3OCC)nn12. The molecule has 2 aromatic heterocycles. The molecule has 1 fully saturated rings. The van der Waals surface area contributed by atoms with E-state index in [1.165, 1.54) is 0 Å². The number of nitrogens with zero attached hydrogens (tertiary/aromatic N) is 5. The Hall–Kier alpha value is -2.36. The summed E-state index contributed by atoms with van der Waals surface area (Å²) in [5.74, 6) is 2.04. The number of aromatic nitrogens is 4. The van der Waals surface area contributed by atoms with Crippen molar-refractivity contribution in [2.75, 3.05) is 39.8 Å². The third kappa shape index (κ3) is 4.69. The zero-order valence-corrected chi connectivity index (χ0v) is 20.2. The van der Waals surface area contributed by atoms with Gasteiger partial charge in [-0.1, -0.05) is 13.8 Å². The number of benzene rings is 1. The van der Waals surface area contributed by atoms with Crippen LogP contribution in [0.15, 0.2) is 27.9 Å². The van der Waals surface area contributed by atoms with Crippen LogP contribution in [0.5, 0.6) is 5.75 Å². The van der Waals surface area contributed by atoms with Crippen molar-refractivity contribution in [3.63, 3.8) is 0 Å². The number of ether oxygens (including phenoxy) is 1. The average molecular weight is 457 g/mol. The van der Waals surface area contributed by atoms with Gasteiger partial charge in [-0.2, -0.15) is 0 Å². The van der Waals surface area contributed by atoms with Crippen LogP contribution in [0.3, 0.4) is 0 Å². The molecule has 0 unspecified atom stereocenters. The number of aromatic amines is 1. The highest BCUT2D eigenvalue weighted by atomic mass is 32.2. The molecule has 0 aliphatic carbocycles. The summed E-state index contributed by atoms with van der Waals surface area (Å²) in [7, 11) is 2.15. The van der Waals surface area contributed by atoms with E-state index >= 15 is 0 Å². The topological polar surface area (TPSA) is 78.8 Å². The molecule has 1 aliphatic heterocycles. The Bertz CT molecular complexity index is 1130. The molecule has 0 radical (unpaired) electrons. The second-order valence-corrected chi connectivity index (χ2v) is 9.23. The van der Waals surface area contributed by atoms with Crippen molar-refractivity contribution in [1.29, 1.82) is 0 Å². The molecule has 1 aliphatic rings. The standard InChI is InChI=1S/C23H32N6O2S/c1-5-8-20-24-18(6-2)21-23(30)25-22(26-29(20)21)17-15-16(9-10-19(17)31-7-3)32-28-13-11-27(4)12-14-28/h9-10,15H,5-8,11-14H2,1-4H3,(H,25,26,30). The second-order valence-electron chi connectivity index (χ2n) is 8.06. The Kier molecular flexibility index (Phi) is 7.17. The lowest BCUT2D eigenvalue weighted by Crippen LogP contribution is -2.40. The number of hydrogen-bond acceptors (Lipinski definition) is 7. The van der Waals surface area contributed by atoms with Gasteiger partial charge in [0.05, 0.1) is 17.9 Å². The maximum Gasteiger partial charge on any atom is 0.277 e. The van der Waals surface area contributed by atoms with E-state index in [9.17, 15) is 4.79 Å². The van der Waals surface area contributed by atoms with Crippen LogP contribution >= 0.6 is 11.9 Å². The fourth-order valence-corrected chi connectivity index (χ4v) is 4.89. The first-order valence-corrected chi connectivity index (χ1v) is 12.2. The summed E-state index contributed by atoms with van der Waals surface area (Å²) >= 11 is 1.74. The van der Waals surface area contributed by atoms with E-state index in [0.29, 0.717) is 30.1 Å². The van der Waals surface area contributed by atoms with Gasteiger partial charge in [-0.25, -0.2) is 13.8 Å². The van der Waals surface area contributed by atoms with Crippen LogP contribution in [-0.2, 0) is 12.8 Å². The highest BCUT2D eigenvalue weighted by Gasteiger charge is 2.20. The van der Waals surface area contributed by atoms with Crippen molar-refractivity contribution in [3.05, 3.63) is 40.1 Å². The van der Waals surface area contributed by atoms with Crippen molar-refractivity contribution in [3.8, 4) is 17.1 Å². The first-order valence-electron chi connectivity index (χ1n) is 11.4. The lowest BCUT2D eigenvalue weighted by molar-refractivity contribution is 0.233. The van der Waals surface area contributed by atoms with Gasteiger partial charge >= 0.3 is 0 Å². The van der Waals surface area contributed by atoms with E-state index in [4.69, 9.17) is 9.84 Å². The van der Waals surface area contributed by atoms with Gasteiger partial charge in [-0.05, 0) is 57.0 Å². The van der Waals surface area contributed by atoms with Gasteiger partial charge in [0, 0.05) is 37.5 Å². The summed E-state index contributed by atoms with van der Waals surface area (Å²) in [6.45, 7) is 10.8. The van der Waals surface area contributed by atoms with Gasteiger partial charge < -0.3 is 14.6 Å². The molecular formula is C23H32N6O2S. The van der Waals surface area contributed by atoms with Crippen molar-refractivity contribution in [2.24, 2.45) is 0 Å². The Morgan fingerprint density at radius 2 is 1.94 bits per heavy atom. The largest absolute Gasteiger partial charge is 0.493 e. The second kappa shape index (κ2) is 10.1. The number of fused-ring (bicyclic) bond motifs is 1. The summed E-state index contributed by atoms with van der Waals surface area (Å²) in [5.41, 5.74) is 1.96. The predicted octanol–water partition coefficient (Wildman–Crippen LogP) is 3.25. The van der Waals surface area contributed by atoms with Crippen LogP contribution in [0, 0.1) is 0 Å². The molecule has 1 saturated heterocycles. The van der Waals surface area contributed by atoms with Crippen LogP contribution in [0.4, 0.5) is 0 Å². The third-order valence-corrected chi connectivity index (χ3v) is 6.74. The lowest BCUT2D eigenvalue weighted by Gasteiger charge is -2.31. The minimum atomic E-state index is -0.165. The van der Waals surface area contributed by atoms with Crippen molar-refractivity contribution >= 4 is 17.5 Å². The summed E-state index contributed by atoms with van der Waals surface area (Å²) < 4.78 is 10.00. The van der Waals surface area contributed by atoms with E-state index in [1.807, 2.05) is 19.9 Å². The summed E-state index contributed by atoms with van der Waals surface area (Å²) in [6, 6.07) is 6.11. The molecule has 4 rings (SSSR count). The van der Waals surface area contributed by atoms with Crippen LogP contribution in [0.1, 0.15) is 38.7 Å². The maximum atomic E-state index is 13.1. The Balaban J connectivity index is 1.76. The molecule has 3 heterocycles. The van der Waals surface area contributed by atoms with Crippen molar-refractivity contribution < 1.29 is 4.74 Å². The fraction of sp³-hybridized carbons (Fsp3) is 0.522. The molecule has 32 heavy (non-hydrogen) atoms. The van der Waals surface area contributed by atoms with Crippen LogP contribution in [0.2, 0.25) is 0 Å². The Morgan fingerprint density at radius 1 is 1.16 bits per heavy atom. The minimum Gasteiger partial charge on any atom is -0.493 e. The highest BCUT2D eigenvalue weighted by Crippen LogP contribution is 2.34. The van der Waals surface area contributed by atoms with Crippen molar-refractivity contribution in [2.45, 2.75) is 44.9 Å². The summed E-state index contributed by atoms with van der Waals surface area (Å²) in [4.78, 5) is 24.2. The summed E-state index contributed by atoms with van der Waals surface area (Å²) in [6.07, 6.45) is 2.40. The predicted molar refractivity (Wildman–Crippen MR) is 129 cm³/mol. The van der Waals surface area contributed by atoms with Gasteiger partial charge in [0.15, 0.2) is 11.3 Å². The highest BCUT2D eigenvalue weighted by molar-refractivity contribution is 7.97. The monoisotopic (exact) mass is 456 g/mol. The molecule has 3 aromatic rings. The molecule has 0 saturated carbocycles. The summed E-state index contributed by atoms with van der Waals surface area (Å²) in [5, 5.41) is 4.82. The molecule has 1 N–H and O–H groups in total. The van der Waals surface area contributed by atoms with Crippen LogP contribution in [-0.4, -0.2) is 68.6 Å². The van der Waals surface area contributed by atoms with E-state index in [-0.39, 0.29) is 5.56 Å². The van der Waals surface area contributed by atoms with E-state index in [2.05, 4.69) is 45.3 Å². The number of aryl methyl sites for hydroxylation is 2. The molecule has 8 nitrogen and oxygen atoms in total. The van der Waals surface area contributed by atoms with Gasteiger partial charge in [0.2, 0.25) is 0 Å². The molecular weight excluding hydrogens is 424 g/mol. The van der Waals surface area contributed by atoms with Crippen molar-refractivity contribution in [1.82, 2.24) is 28.8 Å². The maximum absolute atomic E-state index is 13.1. The number of nitrogens with one attached hydrogen (secondary N) is 1. The number of hydrogen-bond donors (Lipinski definition) is 1. The average Bonchev–Trinajstić information content (AvgIpc) is 3.15. The van der Waals surface area contributed by atoms with Gasteiger partial charge in [-0.15, -0.1) is 5.10 Å². The number of rotatable bonds is 8. The Morgan fingerprint density at radius 3 is 2.62 bits per heavy atom. The van der Waals surface area contributed by atoms with Crippen LogP contribution in [0.25, 0.3) is 16.9 Å². The first kappa shape index (κ1) is 22.8. The smallest absolute Gasteiger partial charge is 0.277 e. The number of likely N-dealkylation sites (N-methyl/N-ethyl adjacent to an activating group) is 1. The quantitative estimate of drug-likeness (QED) is 0.521. The first-order chi connectivity index (χ1) is 15.5. The third-order valence-electron chi connectivity index (χ3n) is 5.65. The lowest BCUT2D eigenvalue weighted by atomic mass is 10.2. The zero-order valence-electron chi connectivity index (χ0n) is 19.3. The molecule has 0 spiro atoms. The molecule has 0 bridgehead atoms. The van der Waals surface area contributed by atoms with E-state index in [0.717, 1.165) is 61.0 Å². The van der Waals surface area contributed by atoms with E-state index in [1.54, 1.807) is 16.5 Å². The number of piperazine rings is 1. The molecule has 0 amide bonds. The fourth-order valence-electron chi connectivity index (χ4n) is 3.95. The van der Waals surface area contributed by atoms with Gasteiger partial charge in [0.1, 0.15) is 11.6 Å². The van der Waals surface area contributed by atoms with Crippen LogP contribution < -0.4 is 10.3 Å². The molecule has 9 heteroatoms. The molecule has 1 aromatic carbocycles. The zero-order chi connectivity index (χ0) is 22.7. The Labute approximate surface area is 193 Å². The van der Waals surface area contributed by atoms with E-state index < -0.39 is 0 Å². The normalized spacial score (nSPS) is 15.5. The number of H-pyrrole nitrogens is 1. The minimum absolute atomic E-state index is 0.165. The van der Waals surface area contributed by atoms with Gasteiger partial charge in [-0.3, -0.25) is 4.79 Å². The van der Waals surface area contributed by atoms with Gasteiger partial charge in [0.25, 0.3) is 5.56 Å². The molecule has 0 atom stereocenters. The number of imidazole rings is 1.